The molecule has 0 spiro atoms. The predicted molar refractivity (Wildman–Crippen MR) is 65.2 cm³/mol. The van der Waals surface area contributed by atoms with Gasteiger partial charge in [0.25, 0.3) is 0 Å². The first-order chi connectivity index (χ1) is 7.79. The lowest BCUT2D eigenvalue weighted by molar-refractivity contribution is 0.283. The van der Waals surface area contributed by atoms with Gasteiger partial charge in [0.2, 0.25) is 0 Å². The Balaban J connectivity index is 2.44. The van der Waals surface area contributed by atoms with Crippen LogP contribution in [0.1, 0.15) is 31.7 Å². The molecule has 0 atom stereocenters. The molecule has 0 amide bonds. The lowest BCUT2D eigenvalue weighted by Gasteiger charge is -2.10. The third-order valence-electron chi connectivity index (χ3n) is 2.46. The molecule has 0 saturated carbocycles. The van der Waals surface area contributed by atoms with E-state index in [1.165, 1.54) is 6.33 Å². The maximum absolute atomic E-state index is 8.64. The number of aliphatic hydroxyl groups is 1. The molecule has 0 saturated heterocycles. The third kappa shape index (κ3) is 3.66. The van der Waals surface area contributed by atoms with Crippen molar-refractivity contribution in [3.05, 3.63) is 11.9 Å². The molecule has 0 bridgehead atoms. The second kappa shape index (κ2) is 7.00. The minimum Gasteiger partial charge on any atom is -0.396 e. The highest BCUT2D eigenvalue weighted by atomic mass is 16.2. The van der Waals surface area contributed by atoms with Crippen LogP contribution in [-0.2, 0) is 6.42 Å². The second-order valence-corrected chi connectivity index (χ2v) is 3.65. The van der Waals surface area contributed by atoms with E-state index >= 15 is 0 Å². The van der Waals surface area contributed by atoms with Gasteiger partial charge in [0.05, 0.1) is 0 Å². The molecule has 1 heterocycles. The predicted octanol–water partition coefficient (Wildman–Crippen LogP) is 1.20. The maximum atomic E-state index is 8.64. The Morgan fingerprint density at radius 1 is 1.31 bits per heavy atom. The van der Waals surface area contributed by atoms with Crippen molar-refractivity contribution in [3.63, 3.8) is 0 Å². The first kappa shape index (κ1) is 12.7. The molecule has 1 aromatic rings. The molecule has 90 valence electrons. The van der Waals surface area contributed by atoms with E-state index in [2.05, 4.69) is 15.3 Å². The molecule has 0 aromatic carbocycles. The number of nitrogen functional groups attached to an aromatic ring is 1. The molecule has 16 heavy (non-hydrogen) atoms. The number of rotatable bonds is 7. The Bertz CT molecular complexity index is 317. The summed E-state index contributed by atoms with van der Waals surface area (Å²) < 4.78 is 0. The lowest BCUT2D eigenvalue weighted by Crippen LogP contribution is -2.09. The highest BCUT2D eigenvalue weighted by molar-refractivity contribution is 5.54. The van der Waals surface area contributed by atoms with Gasteiger partial charge in [-0.3, -0.25) is 0 Å². The zero-order valence-electron chi connectivity index (χ0n) is 9.74. The van der Waals surface area contributed by atoms with Crippen molar-refractivity contribution >= 4 is 11.6 Å². The van der Waals surface area contributed by atoms with Crippen molar-refractivity contribution in [1.29, 1.82) is 0 Å². The molecular weight excluding hydrogens is 204 g/mol. The van der Waals surface area contributed by atoms with Gasteiger partial charge >= 0.3 is 0 Å². The summed E-state index contributed by atoms with van der Waals surface area (Å²) in [4.78, 5) is 8.14. The van der Waals surface area contributed by atoms with Crippen molar-refractivity contribution < 1.29 is 5.11 Å². The first-order valence-corrected chi connectivity index (χ1v) is 5.73. The van der Waals surface area contributed by atoms with Crippen LogP contribution in [0.3, 0.4) is 0 Å². The second-order valence-electron chi connectivity index (χ2n) is 3.65. The van der Waals surface area contributed by atoms with E-state index in [0.29, 0.717) is 5.82 Å². The van der Waals surface area contributed by atoms with Gasteiger partial charge in [-0.2, -0.15) is 0 Å². The van der Waals surface area contributed by atoms with Gasteiger partial charge in [-0.15, -0.1) is 0 Å². The van der Waals surface area contributed by atoms with E-state index in [4.69, 9.17) is 10.8 Å². The highest BCUT2D eigenvalue weighted by Gasteiger charge is 2.05. The normalized spacial score (nSPS) is 10.4. The molecule has 0 radical (unpaired) electrons. The molecule has 5 nitrogen and oxygen atoms in total. The van der Waals surface area contributed by atoms with Gasteiger partial charge in [-0.05, 0) is 25.7 Å². The number of anilines is 2. The minimum atomic E-state index is 0.265. The van der Waals surface area contributed by atoms with Crippen LogP contribution in [0, 0.1) is 0 Å². The molecule has 4 N–H and O–H groups in total. The van der Waals surface area contributed by atoms with Gasteiger partial charge < -0.3 is 16.2 Å². The first-order valence-electron chi connectivity index (χ1n) is 5.73. The average molecular weight is 224 g/mol. The molecule has 0 aliphatic carbocycles. The summed E-state index contributed by atoms with van der Waals surface area (Å²) in [6.07, 6.45) is 5.20. The summed E-state index contributed by atoms with van der Waals surface area (Å²) >= 11 is 0. The Morgan fingerprint density at radius 3 is 2.81 bits per heavy atom. The fourth-order valence-corrected chi connectivity index (χ4v) is 1.55. The van der Waals surface area contributed by atoms with Crippen LogP contribution in [0.4, 0.5) is 11.6 Å². The number of nitrogens with zero attached hydrogens (tertiary/aromatic N) is 2. The van der Waals surface area contributed by atoms with Crippen molar-refractivity contribution in [2.24, 2.45) is 0 Å². The van der Waals surface area contributed by atoms with Crippen molar-refractivity contribution in [2.75, 3.05) is 24.2 Å². The molecule has 0 unspecified atom stereocenters. The van der Waals surface area contributed by atoms with Gasteiger partial charge in [0.1, 0.15) is 18.0 Å². The number of nitrogens with two attached hydrogens (primary N) is 1. The molecule has 0 aliphatic heterocycles. The molecular formula is C11H20N4O. The Kier molecular flexibility index (Phi) is 5.56. The number of aromatic nitrogens is 2. The van der Waals surface area contributed by atoms with Gasteiger partial charge in [0.15, 0.2) is 0 Å². The quantitative estimate of drug-likeness (QED) is 0.606. The monoisotopic (exact) mass is 224 g/mol. The van der Waals surface area contributed by atoms with E-state index < -0.39 is 0 Å². The fourth-order valence-electron chi connectivity index (χ4n) is 1.55. The van der Waals surface area contributed by atoms with Crippen molar-refractivity contribution in [3.8, 4) is 0 Å². The van der Waals surface area contributed by atoms with Crippen LogP contribution >= 0.6 is 0 Å². The average Bonchev–Trinajstić information content (AvgIpc) is 2.29. The van der Waals surface area contributed by atoms with E-state index in [0.717, 1.165) is 43.6 Å². The standard InChI is InChI=1S/C11H20N4O/c1-2-9-10(12)14-8-15-11(9)13-6-4-3-5-7-16/h8,16H,2-7H2,1H3,(H3,12,13,14,15). The van der Waals surface area contributed by atoms with E-state index in [1.807, 2.05) is 6.92 Å². The Morgan fingerprint density at radius 2 is 2.12 bits per heavy atom. The zero-order chi connectivity index (χ0) is 11.8. The van der Waals surface area contributed by atoms with Crippen LogP contribution in [0.2, 0.25) is 0 Å². The SMILES string of the molecule is CCc1c(N)ncnc1NCCCCCO. The summed E-state index contributed by atoms with van der Waals surface area (Å²) in [7, 11) is 0. The number of unbranched alkanes of at least 4 members (excludes halogenated alkanes) is 2. The van der Waals surface area contributed by atoms with Crippen LogP contribution in [0.25, 0.3) is 0 Å². The minimum absolute atomic E-state index is 0.265. The number of hydrogen-bond acceptors (Lipinski definition) is 5. The third-order valence-corrected chi connectivity index (χ3v) is 2.46. The number of aliphatic hydroxyl groups excluding tert-OH is 1. The maximum Gasteiger partial charge on any atom is 0.134 e. The molecule has 5 heteroatoms. The van der Waals surface area contributed by atoms with Crippen molar-refractivity contribution in [1.82, 2.24) is 9.97 Å². The van der Waals surface area contributed by atoms with Gasteiger partial charge in [-0.1, -0.05) is 6.92 Å². The smallest absolute Gasteiger partial charge is 0.134 e. The highest BCUT2D eigenvalue weighted by Crippen LogP contribution is 2.17. The summed E-state index contributed by atoms with van der Waals surface area (Å²) in [5.41, 5.74) is 6.74. The van der Waals surface area contributed by atoms with Gasteiger partial charge in [0, 0.05) is 18.7 Å². The zero-order valence-corrected chi connectivity index (χ0v) is 9.74. The molecule has 1 aromatic heterocycles. The van der Waals surface area contributed by atoms with E-state index in [-0.39, 0.29) is 6.61 Å². The van der Waals surface area contributed by atoms with E-state index in [1.54, 1.807) is 0 Å². The summed E-state index contributed by atoms with van der Waals surface area (Å²) in [6.45, 7) is 3.15. The molecule has 0 fully saturated rings. The summed E-state index contributed by atoms with van der Waals surface area (Å²) in [6, 6.07) is 0. The molecule has 0 aliphatic rings. The van der Waals surface area contributed by atoms with Crippen LogP contribution in [-0.4, -0.2) is 28.2 Å². The molecule has 1 rings (SSSR count). The fraction of sp³-hybridized carbons (Fsp3) is 0.636. The largest absolute Gasteiger partial charge is 0.396 e. The van der Waals surface area contributed by atoms with Crippen molar-refractivity contribution in [2.45, 2.75) is 32.6 Å². The van der Waals surface area contributed by atoms with Crippen LogP contribution < -0.4 is 11.1 Å². The Hall–Kier alpha value is -1.36. The number of hydrogen-bond donors (Lipinski definition) is 3. The van der Waals surface area contributed by atoms with Gasteiger partial charge in [-0.25, -0.2) is 9.97 Å². The number of nitrogens with one attached hydrogen (secondary N) is 1. The van der Waals surface area contributed by atoms with Crippen LogP contribution in [0.5, 0.6) is 0 Å². The van der Waals surface area contributed by atoms with Crippen LogP contribution in [0.15, 0.2) is 6.33 Å². The lowest BCUT2D eigenvalue weighted by atomic mass is 10.2. The summed E-state index contributed by atoms with van der Waals surface area (Å²) in [5, 5.41) is 11.9. The summed E-state index contributed by atoms with van der Waals surface area (Å²) in [5.74, 6) is 1.38. The van der Waals surface area contributed by atoms with E-state index in [9.17, 15) is 0 Å². The Labute approximate surface area is 96.1 Å². The topological polar surface area (TPSA) is 84.1 Å².